The van der Waals surface area contributed by atoms with Gasteiger partial charge in [0, 0.05) is 31.8 Å². The maximum Gasteiger partial charge on any atom is 0.162 e. The summed E-state index contributed by atoms with van der Waals surface area (Å²) in [5, 5.41) is 14.3. The summed E-state index contributed by atoms with van der Waals surface area (Å²) >= 11 is 12.3. The largest absolute Gasteiger partial charge is 0.383 e. The van der Waals surface area contributed by atoms with Crippen LogP contribution in [0.4, 0.5) is 0 Å². The maximum atomic E-state index is 13.2. The first kappa shape index (κ1) is 19.8. The van der Waals surface area contributed by atoms with Gasteiger partial charge < -0.3 is 5.73 Å². The number of hydrogen-bond donors (Lipinski definition) is 1. The number of hydrazine groups is 1. The third-order valence-corrected chi connectivity index (χ3v) is 5.77. The van der Waals surface area contributed by atoms with E-state index in [0.29, 0.717) is 39.9 Å². The highest BCUT2D eigenvalue weighted by atomic mass is 35.5. The molecule has 1 unspecified atom stereocenters. The normalized spacial score (nSPS) is 22.2. The summed E-state index contributed by atoms with van der Waals surface area (Å²) in [6, 6.07) is 7.41. The molecule has 142 valence electrons. The lowest BCUT2D eigenvalue weighted by Crippen LogP contribution is -2.47. The molecular formula is C20H22Cl2N4O. The molecule has 1 aliphatic carbocycles. The molecule has 0 fully saturated rings. The van der Waals surface area contributed by atoms with Crippen molar-refractivity contribution in [1.29, 1.82) is 5.26 Å². The highest BCUT2D eigenvalue weighted by molar-refractivity contribution is 6.42. The number of hydrogen-bond acceptors (Lipinski definition) is 5. The fourth-order valence-electron chi connectivity index (χ4n) is 3.97. The van der Waals surface area contributed by atoms with E-state index in [1.807, 2.05) is 19.1 Å². The second kappa shape index (κ2) is 6.87. The van der Waals surface area contributed by atoms with Crippen LogP contribution in [0.2, 0.25) is 10.0 Å². The molecule has 5 nitrogen and oxygen atoms in total. The van der Waals surface area contributed by atoms with Crippen molar-refractivity contribution in [2.75, 3.05) is 14.1 Å². The number of rotatable bonds is 2. The van der Waals surface area contributed by atoms with Crippen molar-refractivity contribution >= 4 is 29.0 Å². The average Bonchev–Trinajstić information content (AvgIpc) is 2.54. The van der Waals surface area contributed by atoms with Gasteiger partial charge in [-0.05, 0) is 29.5 Å². The zero-order valence-electron chi connectivity index (χ0n) is 15.8. The Morgan fingerprint density at radius 2 is 1.93 bits per heavy atom. The zero-order chi connectivity index (χ0) is 20.1. The summed E-state index contributed by atoms with van der Waals surface area (Å²) < 4.78 is 0. The van der Waals surface area contributed by atoms with Crippen LogP contribution in [0.5, 0.6) is 0 Å². The molecule has 1 aliphatic heterocycles. The molecule has 0 aromatic heterocycles. The number of halogens is 2. The highest BCUT2D eigenvalue weighted by Crippen LogP contribution is 2.49. The number of ketones is 1. The van der Waals surface area contributed by atoms with Crippen LogP contribution in [0.25, 0.3) is 0 Å². The van der Waals surface area contributed by atoms with E-state index in [-0.39, 0.29) is 11.2 Å². The predicted octanol–water partition coefficient (Wildman–Crippen LogP) is 4.21. The monoisotopic (exact) mass is 404 g/mol. The summed E-state index contributed by atoms with van der Waals surface area (Å²) in [5.41, 5.74) is 8.76. The third-order valence-electron chi connectivity index (χ3n) is 5.03. The van der Waals surface area contributed by atoms with Crippen molar-refractivity contribution in [3.8, 4) is 6.07 Å². The predicted molar refractivity (Wildman–Crippen MR) is 107 cm³/mol. The van der Waals surface area contributed by atoms with Crippen molar-refractivity contribution in [3.05, 3.63) is 56.5 Å². The van der Waals surface area contributed by atoms with Gasteiger partial charge in [-0.15, -0.1) is 0 Å². The molecule has 0 radical (unpaired) electrons. The molecule has 1 aromatic carbocycles. The standard InChI is InChI=1S/C20H22Cl2N4O/c1-20(2)8-15-18(16(27)9-20)17(11-5-6-13(21)14(22)7-11)12(10-23)19(24)26(15)25(3)4/h5-7,17H,8-9,24H2,1-4H3. The van der Waals surface area contributed by atoms with E-state index in [4.69, 9.17) is 28.9 Å². The molecule has 1 atom stereocenters. The molecular weight excluding hydrogens is 383 g/mol. The maximum absolute atomic E-state index is 13.2. The van der Waals surface area contributed by atoms with Crippen molar-refractivity contribution in [1.82, 2.24) is 10.0 Å². The number of allylic oxidation sites excluding steroid dienone is 3. The quantitative estimate of drug-likeness (QED) is 0.798. The number of nitriles is 1. The van der Waals surface area contributed by atoms with E-state index in [1.54, 1.807) is 23.2 Å². The first-order chi connectivity index (χ1) is 12.6. The topological polar surface area (TPSA) is 73.4 Å². The van der Waals surface area contributed by atoms with E-state index in [2.05, 4.69) is 19.9 Å². The first-order valence-electron chi connectivity index (χ1n) is 8.65. The Bertz CT molecular complexity index is 924. The molecule has 2 N–H and O–H groups in total. The molecule has 27 heavy (non-hydrogen) atoms. The summed E-state index contributed by atoms with van der Waals surface area (Å²) in [4.78, 5) is 13.2. The first-order valence-corrected chi connectivity index (χ1v) is 9.41. The van der Waals surface area contributed by atoms with E-state index in [1.165, 1.54) is 0 Å². The molecule has 7 heteroatoms. The Morgan fingerprint density at radius 3 is 2.48 bits per heavy atom. The molecule has 1 heterocycles. The molecule has 0 saturated carbocycles. The van der Waals surface area contributed by atoms with Gasteiger partial charge in [-0.25, -0.2) is 5.01 Å². The molecule has 0 bridgehead atoms. The average molecular weight is 405 g/mol. The van der Waals surface area contributed by atoms with E-state index < -0.39 is 5.92 Å². The van der Waals surface area contributed by atoms with Gasteiger partial charge in [0.15, 0.2) is 5.78 Å². The number of nitrogens with zero attached hydrogens (tertiary/aromatic N) is 3. The number of carbonyl (C=O) groups is 1. The lowest BCUT2D eigenvalue weighted by molar-refractivity contribution is -0.119. The van der Waals surface area contributed by atoms with Gasteiger partial charge >= 0.3 is 0 Å². The number of Topliss-reactive ketones (excluding diaryl/α,β-unsaturated/α-hetero) is 1. The molecule has 0 saturated heterocycles. The van der Waals surface area contributed by atoms with Crippen LogP contribution in [0.3, 0.4) is 0 Å². The van der Waals surface area contributed by atoms with Crippen LogP contribution in [-0.4, -0.2) is 29.9 Å². The Morgan fingerprint density at radius 1 is 1.26 bits per heavy atom. The van der Waals surface area contributed by atoms with Gasteiger partial charge in [0.05, 0.1) is 27.6 Å². The summed E-state index contributed by atoms with van der Waals surface area (Å²) in [7, 11) is 3.69. The SMILES string of the molecule is CN(C)N1C(N)=C(C#N)C(c2ccc(Cl)c(Cl)c2)C2=C1CC(C)(C)CC2=O. The van der Waals surface area contributed by atoms with Crippen molar-refractivity contribution in [3.63, 3.8) is 0 Å². The minimum Gasteiger partial charge on any atom is -0.383 e. The Kier molecular flexibility index (Phi) is 5.02. The Hall–Kier alpha value is -2.00. The van der Waals surface area contributed by atoms with Crippen LogP contribution in [-0.2, 0) is 4.79 Å². The second-order valence-electron chi connectivity index (χ2n) is 7.98. The van der Waals surface area contributed by atoms with Crippen LogP contribution >= 0.6 is 23.2 Å². The van der Waals surface area contributed by atoms with Gasteiger partial charge in [0.25, 0.3) is 0 Å². The molecule has 1 aromatic rings. The minimum atomic E-state index is -0.542. The second-order valence-corrected chi connectivity index (χ2v) is 8.79. The molecule has 0 amide bonds. The Balaban J connectivity index is 2.30. The fourth-order valence-corrected chi connectivity index (χ4v) is 4.28. The van der Waals surface area contributed by atoms with E-state index in [0.717, 1.165) is 11.3 Å². The number of carbonyl (C=O) groups excluding carboxylic acids is 1. The summed E-state index contributed by atoms with van der Waals surface area (Å²) in [6.07, 6.45) is 1.10. The number of nitrogens with two attached hydrogens (primary N) is 1. The molecule has 3 rings (SSSR count). The summed E-state index contributed by atoms with van der Waals surface area (Å²) in [5.74, 6) is -0.174. The van der Waals surface area contributed by atoms with E-state index in [9.17, 15) is 10.1 Å². The number of benzene rings is 1. The summed E-state index contributed by atoms with van der Waals surface area (Å²) in [6.45, 7) is 4.13. The van der Waals surface area contributed by atoms with Gasteiger partial charge in [-0.3, -0.25) is 9.80 Å². The smallest absolute Gasteiger partial charge is 0.162 e. The van der Waals surface area contributed by atoms with Crippen LogP contribution in [0.15, 0.2) is 40.9 Å². The minimum absolute atomic E-state index is 0.0319. The van der Waals surface area contributed by atoms with Gasteiger partial charge in [-0.2, -0.15) is 5.26 Å². The van der Waals surface area contributed by atoms with Gasteiger partial charge in [-0.1, -0.05) is 43.1 Å². The molecule has 2 aliphatic rings. The van der Waals surface area contributed by atoms with Crippen molar-refractivity contribution < 1.29 is 4.79 Å². The fraction of sp³-hybridized carbons (Fsp3) is 0.400. The zero-order valence-corrected chi connectivity index (χ0v) is 17.3. The third kappa shape index (κ3) is 3.34. The van der Waals surface area contributed by atoms with Gasteiger partial charge in [0.1, 0.15) is 5.82 Å². The lowest BCUT2D eigenvalue weighted by Gasteiger charge is -2.45. The van der Waals surface area contributed by atoms with Crippen molar-refractivity contribution in [2.45, 2.75) is 32.6 Å². The van der Waals surface area contributed by atoms with Crippen LogP contribution in [0.1, 0.15) is 38.2 Å². The van der Waals surface area contributed by atoms with Crippen LogP contribution in [0, 0.1) is 16.7 Å². The highest BCUT2D eigenvalue weighted by Gasteiger charge is 2.44. The lowest BCUT2D eigenvalue weighted by atomic mass is 9.69. The van der Waals surface area contributed by atoms with Crippen molar-refractivity contribution in [2.24, 2.45) is 11.1 Å². The van der Waals surface area contributed by atoms with E-state index >= 15 is 0 Å². The molecule has 0 spiro atoms. The van der Waals surface area contributed by atoms with Gasteiger partial charge in [0.2, 0.25) is 0 Å². The van der Waals surface area contributed by atoms with Crippen LogP contribution < -0.4 is 5.73 Å². The Labute approximate surface area is 169 Å².